The van der Waals surface area contributed by atoms with Crippen molar-refractivity contribution in [2.75, 3.05) is 26.4 Å². The van der Waals surface area contributed by atoms with Crippen molar-refractivity contribution in [1.82, 2.24) is 0 Å². The van der Waals surface area contributed by atoms with Crippen molar-refractivity contribution in [2.45, 2.75) is 174 Å². The van der Waals surface area contributed by atoms with Crippen LogP contribution in [0.2, 0.25) is 0 Å². The van der Waals surface area contributed by atoms with Gasteiger partial charge in [0.15, 0.2) is 6.10 Å². The summed E-state index contributed by atoms with van der Waals surface area (Å²) in [6, 6.07) is 0. The van der Waals surface area contributed by atoms with Crippen LogP contribution in [0.4, 0.5) is 0 Å². The van der Waals surface area contributed by atoms with Crippen LogP contribution in [0, 0.1) is 0 Å². The maximum Gasteiger partial charge on any atom is 0.472 e. The molecule has 3 N–H and O–H groups in total. The normalized spacial score (nSPS) is 13.9. The monoisotopic (exact) mass is 740 g/mol. The van der Waals surface area contributed by atoms with Crippen LogP contribution in [0.1, 0.15) is 168 Å². The molecule has 0 aromatic rings. The Kier molecular flexibility index (Phi) is 36.2. The van der Waals surface area contributed by atoms with Crippen LogP contribution in [0.3, 0.4) is 0 Å². The van der Waals surface area contributed by atoms with Gasteiger partial charge in [-0.25, -0.2) is 4.57 Å². The average Bonchev–Trinajstić information content (AvgIpc) is 3.11. The number of hydrogen-bond donors (Lipinski definition) is 2. The molecule has 0 bridgehead atoms. The van der Waals surface area contributed by atoms with Gasteiger partial charge in [-0.1, -0.05) is 152 Å². The summed E-state index contributed by atoms with van der Waals surface area (Å²) in [4.78, 5) is 34.8. The van der Waals surface area contributed by atoms with E-state index < -0.39 is 32.5 Å². The fourth-order valence-corrected chi connectivity index (χ4v) is 6.04. The van der Waals surface area contributed by atoms with Gasteiger partial charge in [-0.05, 0) is 51.4 Å². The molecule has 9 nitrogen and oxygen atoms in total. The van der Waals surface area contributed by atoms with Crippen LogP contribution in [-0.4, -0.2) is 49.3 Å². The number of phosphoric acid groups is 1. The fraction of sp³-hybridized carbons (Fsp3) is 0.756. The maximum absolute atomic E-state index is 12.5. The second-order valence-electron chi connectivity index (χ2n) is 13.1. The van der Waals surface area contributed by atoms with Crippen molar-refractivity contribution in [3.8, 4) is 0 Å². The Labute approximate surface area is 311 Å². The smallest absolute Gasteiger partial charge is 0.462 e. The van der Waals surface area contributed by atoms with E-state index in [1.807, 2.05) is 0 Å². The first-order valence-corrected chi connectivity index (χ1v) is 21.6. The lowest BCUT2D eigenvalue weighted by Crippen LogP contribution is -2.29. The third kappa shape index (κ3) is 37.5. The lowest BCUT2D eigenvalue weighted by atomic mass is 10.0. The van der Waals surface area contributed by atoms with Crippen LogP contribution in [0.15, 0.2) is 48.6 Å². The molecule has 0 saturated heterocycles. The summed E-state index contributed by atoms with van der Waals surface area (Å²) in [5.41, 5.74) is 5.33. The van der Waals surface area contributed by atoms with Gasteiger partial charge in [0.1, 0.15) is 6.61 Å². The van der Waals surface area contributed by atoms with Crippen molar-refractivity contribution >= 4 is 19.8 Å². The molecule has 0 aliphatic heterocycles. The first-order chi connectivity index (χ1) is 24.8. The van der Waals surface area contributed by atoms with E-state index in [4.69, 9.17) is 24.3 Å². The Morgan fingerprint density at radius 1 is 0.608 bits per heavy atom. The van der Waals surface area contributed by atoms with E-state index in [0.29, 0.717) is 12.8 Å². The number of unbranched alkanes of at least 4 members (excludes halogenated alkanes) is 16. The Bertz CT molecular complexity index is 981. The molecule has 2 unspecified atom stereocenters. The predicted octanol–water partition coefficient (Wildman–Crippen LogP) is 11.2. The number of rotatable bonds is 37. The highest BCUT2D eigenvalue weighted by Gasteiger charge is 2.25. The van der Waals surface area contributed by atoms with Crippen molar-refractivity contribution < 1.29 is 37.6 Å². The second-order valence-corrected chi connectivity index (χ2v) is 14.6. The summed E-state index contributed by atoms with van der Waals surface area (Å²) >= 11 is 0. The third-order valence-corrected chi connectivity index (χ3v) is 9.21. The quantitative estimate of drug-likeness (QED) is 0.0276. The number of nitrogens with two attached hydrogens (primary N) is 1. The molecule has 0 rings (SSSR count). The van der Waals surface area contributed by atoms with Gasteiger partial charge in [0.25, 0.3) is 0 Å². The topological polar surface area (TPSA) is 134 Å². The van der Waals surface area contributed by atoms with Crippen LogP contribution >= 0.6 is 7.82 Å². The molecule has 10 heteroatoms. The number of allylic oxidation sites excluding steroid dienone is 8. The van der Waals surface area contributed by atoms with Crippen LogP contribution in [0.25, 0.3) is 0 Å². The zero-order valence-electron chi connectivity index (χ0n) is 32.3. The van der Waals surface area contributed by atoms with Gasteiger partial charge in [-0.2, -0.15) is 0 Å². The molecule has 51 heavy (non-hydrogen) atoms. The Morgan fingerprint density at radius 2 is 1.08 bits per heavy atom. The van der Waals surface area contributed by atoms with E-state index in [1.165, 1.54) is 70.6 Å². The summed E-state index contributed by atoms with van der Waals surface area (Å²) in [7, 11) is -4.38. The van der Waals surface area contributed by atoms with E-state index in [2.05, 4.69) is 62.5 Å². The number of hydrogen-bond acceptors (Lipinski definition) is 8. The van der Waals surface area contributed by atoms with Gasteiger partial charge in [0.05, 0.1) is 13.2 Å². The van der Waals surface area contributed by atoms with Crippen LogP contribution in [0.5, 0.6) is 0 Å². The summed E-state index contributed by atoms with van der Waals surface area (Å²) in [5, 5.41) is 0. The van der Waals surface area contributed by atoms with Crippen molar-refractivity contribution in [2.24, 2.45) is 5.73 Å². The van der Waals surface area contributed by atoms with Crippen molar-refractivity contribution in [3.63, 3.8) is 0 Å². The van der Waals surface area contributed by atoms with Gasteiger partial charge >= 0.3 is 19.8 Å². The van der Waals surface area contributed by atoms with Crippen molar-refractivity contribution in [1.29, 1.82) is 0 Å². The standard InChI is InChI=1S/C41H74NO8P/c1-3-5-7-9-11-13-15-17-19-21-23-25-27-29-31-33-40(43)47-37-39(38-49-51(45,46)48-36-35-42)50-41(44)34-32-30-28-26-24-22-20-18-16-14-12-10-8-6-4-2/h5,7,11,13,17,19,23,25,39H,3-4,6,8-10,12,14-16,18,20-22,24,26-38,42H2,1-2H3,(H,45,46). The number of phosphoric ester groups is 1. The molecule has 0 aliphatic rings. The molecule has 0 saturated carbocycles. The number of esters is 2. The zero-order valence-corrected chi connectivity index (χ0v) is 33.2. The maximum atomic E-state index is 12.5. The van der Waals surface area contributed by atoms with Gasteiger partial charge in [0, 0.05) is 19.4 Å². The molecule has 0 heterocycles. The SMILES string of the molecule is CCC=CCC=CCC=CCC=CCCCCC(=O)OCC(COP(=O)(O)OCCN)OC(=O)CCCCCCCCCCCCCCCCC. The average molecular weight is 740 g/mol. The highest BCUT2D eigenvalue weighted by molar-refractivity contribution is 7.47. The molecule has 2 atom stereocenters. The minimum atomic E-state index is -4.38. The summed E-state index contributed by atoms with van der Waals surface area (Å²) in [6.45, 7) is 3.56. The molecule has 0 spiro atoms. The molecule has 0 aromatic heterocycles. The molecule has 0 amide bonds. The van der Waals surface area contributed by atoms with E-state index in [-0.39, 0.29) is 32.6 Å². The van der Waals surface area contributed by atoms with Crippen molar-refractivity contribution in [3.05, 3.63) is 48.6 Å². The number of ether oxygens (including phenoxy) is 2. The Morgan fingerprint density at radius 3 is 1.61 bits per heavy atom. The first kappa shape index (κ1) is 49.0. The van der Waals surface area contributed by atoms with Crippen LogP contribution in [-0.2, 0) is 32.7 Å². The Hall–Kier alpha value is -2.03. The third-order valence-electron chi connectivity index (χ3n) is 8.23. The van der Waals surface area contributed by atoms with Gasteiger partial charge in [-0.15, -0.1) is 0 Å². The van der Waals surface area contributed by atoms with Gasteiger partial charge in [0.2, 0.25) is 0 Å². The molecule has 296 valence electrons. The number of carbonyl (C=O) groups excluding carboxylic acids is 2. The van der Waals surface area contributed by atoms with E-state index >= 15 is 0 Å². The highest BCUT2D eigenvalue weighted by atomic mass is 31.2. The lowest BCUT2D eigenvalue weighted by Gasteiger charge is -2.19. The van der Waals surface area contributed by atoms with Crippen LogP contribution < -0.4 is 5.73 Å². The molecular weight excluding hydrogens is 665 g/mol. The minimum Gasteiger partial charge on any atom is -0.462 e. The molecule has 0 aromatic carbocycles. The molecule has 0 fully saturated rings. The summed E-state index contributed by atoms with van der Waals surface area (Å²) < 4.78 is 32.7. The summed E-state index contributed by atoms with van der Waals surface area (Å²) in [6.07, 6.45) is 41.4. The highest BCUT2D eigenvalue weighted by Crippen LogP contribution is 2.43. The molecule has 0 radical (unpaired) electrons. The Balaban J connectivity index is 4.26. The largest absolute Gasteiger partial charge is 0.472 e. The summed E-state index contributed by atoms with van der Waals surface area (Å²) in [5.74, 6) is -0.877. The number of carbonyl (C=O) groups is 2. The van der Waals surface area contributed by atoms with Gasteiger partial charge < -0.3 is 20.1 Å². The zero-order chi connectivity index (χ0) is 37.5. The molecule has 0 aliphatic carbocycles. The molecular formula is C41H74NO8P. The minimum absolute atomic E-state index is 0.0471. The fourth-order valence-electron chi connectivity index (χ4n) is 5.27. The van der Waals surface area contributed by atoms with Gasteiger partial charge in [-0.3, -0.25) is 18.6 Å². The predicted molar refractivity (Wildman–Crippen MR) is 210 cm³/mol. The van der Waals surface area contributed by atoms with E-state index in [0.717, 1.165) is 57.8 Å². The van der Waals surface area contributed by atoms with E-state index in [1.54, 1.807) is 0 Å². The lowest BCUT2D eigenvalue weighted by molar-refractivity contribution is -0.161. The van der Waals surface area contributed by atoms with E-state index in [9.17, 15) is 19.0 Å². The first-order valence-electron chi connectivity index (χ1n) is 20.1. The second kappa shape index (κ2) is 37.7.